The van der Waals surface area contributed by atoms with E-state index in [1.807, 2.05) is 5.38 Å². The fourth-order valence-electron chi connectivity index (χ4n) is 1.70. The second kappa shape index (κ2) is 5.19. The maximum absolute atomic E-state index is 5.58. The Hall–Kier alpha value is -2.22. The van der Waals surface area contributed by atoms with Crippen LogP contribution in [0.2, 0.25) is 0 Å². The van der Waals surface area contributed by atoms with E-state index in [0.29, 0.717) is 29.1 Å². The zero-order valence-corrected chi connectivity index (χ0v) is 10.9. The van der Waals surface area contributed by atoms with Gasteiger partial charge in [-0.2, -0.15) is 4.98 Å². The van der Waals surface area contributed by atoms with Crippen molar-refractivity contribution in [2.75, 3.05) is 5.73 Å². The quantitative estimate of drug-likeness (QED) is 0.734. The van der Waals surface area contributed by atoms with Crippen molar-refractivity contribution in [3.8, 4) is 11.6 Å². The molecule has 8 heteroatoms. The summed E-state index contributed by atoms with van der Waals surface area (Å²) in [5.41, 5.74) is 6.58. The Labute approximate surface area is 112 Å². The standard InChI is InChI=1S/C11H12N6OS/c12-11-15-7(6-19-11)2-1-3-8-16-10(17-18-8)9-13-4-5-14-9/h4-6H,1-3H2,(H2,12,15)(H,13,14). The van der Waals surface area contributed by atoms with Crippen LogP contribution in [-0.4, -0.2) is 25.1 Å². The van der Waals surface area contributed by atoms with E-state index in [2.05, 4.69) is 25.1 Å². The third kappa shape index (κ3) is 2.79. The molecule has 0 bridgehead atoms. The van der Waals surface area contributed by atoms with Crippen LogP contribution in [0.5, 0.6) is 0 Å². The number of anilines is 1. The van der Waals surface area contributed by atoms with Crippen molar-refractivity contribution in [2.24, 2.45) is 0 Å². The Morgan fingerprint density at radius 2 is 2.26 bits per heavy atom. The second-order valence-electron chi connectivity index (χ2n) is 3.98. The highest BCUT2D eigenvalue weighted by Crippen LogP contribution is 2.14. The highest BCUT2D eigenvalue weighted by Gasteiger charge is 2.10. The van der Waals surface area contributed by atoms with E-state index in [1.165, 1.54) is 11.3 Å². The largest absolute Gasteiger partial charge is 0.375 e. The molecule has 0 fully saturated rings. The van der Waals surface area contributed by atoms with Gasteiger partial charge in [0.15, 0.2) is 11.0 Å². The monoisotopic (exact) mass is 276 g/mol. The predicted molar refractivity (Wildman–Crippen MR) is 70.4 cm³/mol. The van der Waals surface area contributed by atoms with Gasteiger partial charge in [0, 0.05) is 24.2 Å². The minimum Gasteiger partial charge on any atom is -0.375 e. The van der Waals surface area contributed by atoms with Crippen molar-refractivity contribution in [1.82, 2.24) is 25.1 Å². The van der Waals surface area contributed by atoms with E-state index in [-0.39, 0.29) is 0 Å². The molecule has 0 saturated heterocycles. The van der Waals surface area contributed by atoms with E-state index in [9.17, 15) is 0 Å². The van der Waals surface area contributed by atoms with Gasteiger partial charge in [0.1, 0.15) is 0 Å². The molecule has 3 heterocycles. The van der Waals surface area contributed by atoms with Crippen molar-refractivity contribution in [3.05, 3.63) is 29.4 Å². The van der Waals surface area contributed by atoms with Gasteiger partial charge in [-0.1, -0.05) is 5.16 Å². The number of H-pyrrole nitrogens is 1. The van der Waals surface area contributed by atoms with Crippen LogP contribution in [0.1, 0.15) is 18.0 Å². The topological polar surface area (TPSA) is 107 Å². The fourth-order valence-corrected chi connectivity index (χ4v) is 2.30. The van der Waals surface area contributed by atoms with Gasteiger partial charge >= 0.3 is 0 Å². The van der Waals surface area contributed by atoms with E-state index in [0.717, 1.165) is 18.5 Å². The number of hydrogen-bond donors (Lipinski definition) is 2. The summed E-state index contributed by atoms with van der Waals surface area (Å²) < 4.78 is 5.17. The van der Waals surface area contributed by atoms with E-state index in [1.54, 1.807) is 12.4 Å². The molecule has 0 amide bonds. The Morgan fingerprint density at radius 3 is 3.00 bits per heavy atom. The summed E-state index contributed by atoms with van der Waals surface area (Å²) in [6, 6.07) is 0. The molecule has 7 nitrogen and oxygen atoms in total. The lowest BCUT2D eigenvalue weighted by Crippen LogP contribution is -1.92. The zero-order valence-electron chi connectivity index (χ0n) is 10.0. The van der Waals surface area contributed by atoms with Gasteiger partial charge in [0.25, 0.3) is 0 Å². The van der Waals surface area contributed by atoms with Crippen LogP contribution < -0.4 is 5.73 Å². The lowest BCUT2D eigenvalue weighted by Gasteiger charge is -1.93. The number of thiazole rings is 1. The molecule has 3 rings (SSSR count). The van der Waals surface area contributed by atoms with Crippen molar-refractivity contribution >= 4 is 16.5 Å². The van der Waals surface area contributed by atoms with Crippen LogP contribution >= 0.6 is 11.3 Å². The molecule has 0 aromatic carbocycles. The van der Waals surface area contributed by atoms with Crippen LogP contribution in [-0.2, 0) is 12.8 Å². The first-order valence-electron chi connectivity index (χ1n) is 5.83. The second-order valence-corrected chi connectivity index (χ2v) is 4.87. The molecule has 0 atom stereocenters. The van der Waals surface area contributed by atoms with Crippen molar-refractivity contribution in [1.29, 1.82) is 0 Å². The number of aromatic amines is 1. The lowest BCUT2D eigenvalue weighted by atomic mass is 10.2. The number of rotatable bonds is 5. The summed E-state index contributed by atoms with van der Waals surface area (Å²) >= 11 is 1.46. The normalized spacial score (nSPS) is 10.9. The third-order valence-electron chi connectivity index (χ3n) is 2.57. The minimum absolute atomic E-state index is 0.484. The van der Waals surface area contributed by atoms with E-state index in [4.69, 9.17) is 10.3 Å². The van der Waals surface area contributed by atoms with Crippen LogP contribution in [0.4, 0.5) is 5.13 Å². The van der Waals surface area contributed by atoms with Gasteiger partial charge < -0.3 is 15.2 Å². The highest BCUT2D eigenvalue weighted by atomic mass is 32.1. The molecule has 0 saturated carbocycles. The highest BCUT2D eigenvalue weighted by molar-refractivity contribution is 7.13. The molecule has 0 aliphatic heterocycles. The van der Waals surface area contributed by atoms with Gasteiger partial charge in [-0.05, 0) is 12.8 Å². The van der Waals surface area contributed by atoms with Crippen molar-refractivity contribution in [3.63, 3.8) is 0 Å². The molecule has 3 N–H and O–H groups in total. The van der Waals surface area contributed by atoms with Gasteiger partial charge in [0.05, 0.1) is 5.69 Å². The molecule has 0 radical (unpaired) electrons. The number of nitrogens with two attached hydrogens (primary N) is 1. The van der Waals surface area contributed by atoms with E-state index < -0.39 is 0 Å². The minimum atomic E-state index is 0.484. The third-order valence-corrected chi connectivity index (χ3v) is 3.29. The molecule has 0 unspecified atom stereocenters. The van der Waals surface area contributed by atoms with E-state index >= 15 is 0 Å². The Balaban J connectivity index is 1.56. The fraction of sp³-hybridized carbons (Fsp3) is 0.273. The smallest absolute Gasteiger partial charge is 0.238 e. The molecule has 98 valence electrons. The lowest BCUT2D eigenvalue weighted by molar-refractivity contribution is 0.376. The Bertz CT molecular complexity index is 644. The number of nitrogens with one attached hydrogen (secondary N) is 1. The first-order valence-corrected chi connectivity index (χ1v) is 6.71. The summed E-state index contributed by atoms with van der Waals surface area (Å²) in [7, 11) is 0. The Kier molecular flexibility index (Phi) is 3.23. The van der Waals surface area contributed by atoms with Gasteiger partial charge in [-0.3, -0.25) is 0 Å². The number of nitrogens with zero attached hydrogens (tertiary/aromatic N) is 4. The molecule has 0 aliphatic carbocycles. The number of imidazole rings is 1. The van der Waals surface area contributed by atoms with Crippen molar-refractivity contribution < 1.29 is 4.52 Å². The average molecular weight is 276 g/mol. The number of aromatic nitrogens is 5. The number of aryl methyl sites for hydroxylation is 2. The van der Waals surface area contributed by atoms with Crippen molar-refractivity contribution in [2.45, 2.75) is 19.3 Å². The maximum Gasteiger partial charge on any atom is 0.238 e. The zero-order chi connectivity index (χ0) is 13.1. The van der Waals surface area contributed by atoms with Gasteiger partial charge in [0.2, 0.25) is 11.7 Å². The first kappa shape index (κ1) is 11.8. The molecule has 3 aromatic rings. The van der Waals surface area contributed by atoms with Gasteiger partial charge in [-0.15, -0.1) is 11.3 Å². The molecular formula is C11H12N6OS. The SMILES string of the molecule is Nc1nc(CCCc2nc(-c3ncc[nH]3)no2)cs1. The summed E-state index contributed by atoms with van der Waals surface area (Å²) in [4.78, 5) is 15.5. The van der Waals surface area contributed by atoms with Crippen LogP contribution in [0, 0.1) is 0 Å². The number of hydrogen-bond acceptors (Lipinski definition) is 7. The predicted octanol–water partition coefficient (Wildman–Crippen LogP) is 1.67. The average Bonchev–Trinajstić information content (AvgIpc) is 3.09. The van der Waals surface area contributed by atoms with Gasteiger partial charge in [-0.25, -0.2) is 9.97 Å². The molecular weight excluding hydrogens is 264 g/mol. The maximum atomic E-state index is 5.58. The summed E-state index contributed by atoms with van der Waals surface area (Å²) in [5, 5.41) is 6.45. The molecule has 19 heavy (non-hydrogen) atoms. The molecule has 0 spiro atoms. The first-order chi connectivity index (χ1) is 9.31. The Morgan fingerprint density at radius 1 is 1.32 bits per heavy atom. The van der Waals surface area contributed by atoms with Crippen LogP contribution in [0.15, 0.2) is 22.3 Å². The summed E-state index contributed by atoms with van der Waals surface area (Å²) in [6.07, 6.45) is 5.83. The molecule has 0 aliphatic rings. The number of nitrogen functional groups attached to an aromatic ring is 1. The van der Waals surface area contributed by atoms with Crippen LogP contribution in [0.25, 0.3) is 11.6 Å². The summed E-state index contributed by atoms with van der Waals surface area (Å²) in [5.74, 6) is 1.70. The molecule has 3 aromatic heterocycles. The summed E-state index contributed by atoms with van der Waals surface area (Å²) in [6.45, 7) is 0. The van der Waals surface area contributed by atoms with Crippen LogP contribution in [0.3, 0.4) is 0 Å².